The van der Waals surface area contributed by atoms with Crippen LogP contribution in [-0.4, -0.2) is 0 Å². The Labute approximate surface area is 248 Å². The fourth-order valence-electron chi connectivity index (χ4n) is 5.69. The van der Waals surface area contributed by atoms with Gasteiger partial charge in [-0.3, -0.25) is 0 Å². The van der Waals surface area contributed by atoms with Gasteiger partial charge in [0.2, 0.25) is 0 Å². The molecule has 0 aromatic rings. The topological polar surface area (TPSA) is 23.8 Å². The lowest BCUT2D eigenvalue weighted by molar-refractivity contribution is 0.204. The van der Waals surface area contributed by atoms with E-state index in [0.29, 0.717) is 5.41 Å². The van der Waals surface area contributed by atoms with E-state index in [1.165, 1.54) is 37.7 Å². The highest BCUT2D eigenvalue weighted by atomic mass is 14.6. The maximum Gasteiger partial charge on any atom is 0.0665 e. The third-order valence-electron chi connectivity index (χ3n) is 9.31. The van der Waals surface area contributed by atoms with Gasteiger partial charge in [0.15, 0.2) is 0 Å². The van der Waals surface area contributed by atoms with Crippen LogP contribution in [0.4, 0.5) is 0 Å². The van der Waals surface area contributed by atoms with Gasteiger partial charge in [-0.05, 0) is 88.4 Å². The molecule has 5 unspecified atom stereocenters. The summed E-state index contributed by atoms with van der Waals surface area (Å²) < 4.78 is 0. The Morgan fingerprint density at radius 3 is 2.05 bits per heavy atom. The average molecular weight is 542 g/mol. The molecule has 2 fully saturated rings. The summed E-state index contributed by atoms with van der Waals surface area (Å²) in [5, 5.41) is 9.58. The maximum atomic E-state index is 9.58. The van der Waals surface area contributed by atoms with Crippen LogP contribution in [0.2, 0.25) is 0 Å². The van der Waals surface area contributed by atoms with Crippen LogP contribution < -0.4 is 0 Å². The highest BCUT2D eigenvalue weighted by Crippen LogP contribution is 2.64. The summed E-state index contributed by atoms with van der Waals surface area (Å²) in [5.41, 5.74) is 4.73. The van der Waals surface area contributed by atoms with E-state index < -0.39 is 0 Å². The van der Waals surface area contributed by atoms with Gasteiger partial charge in [-0.15, -0.1) is 19.7 Å². The molecule has 2 saturated carbocycles. The first-order chi connectivity index (χ1) is 18.0. The van der Waals surface area contributed by atoms with E-state index in [1.807, 2.05) is 46.8 Å². The van der Waals surface area contributed by atoms with Crippen molar-refractivity contribution in [1.29, 1.82) is 5.26 Å². The molecule has 0 aromatic heterocycles. The van der Waals surface area contributed by atoms with E-state index >= 15 is 0 Å². The van der Waals surface area contributed by atoms with Crippen molar-refractivity contribution in [3.8, 4) is 6.07 Å². The van der Waals surface area contributed by atoms with Gasteiger partial charge in [-0.1, -0.05) is 118 Å². The van der Waals surface area contributed by atoms with E-state index in [1.54, 1.807) is 11.1 Å². The lowest BCUT2D eigenvalue weighted by Crippen LogP contribution is -2.28. The normalized spacial score (nSPS) is 30.3. The summed E-state index contributed by atoms with van der Waals surface area (Å²) in [6.45, 7) is 35.3. The predicted octanol–water partition coefficient (Wildman–Crippen LogP) is 13.3. The van der Waals surface area contributed by atoms with Crippen molar-refractivity contribution in [3.05, 3.63) is 48.6 Å². The van der Waals surface area contributed by atoms with Crippen molar-refractivity contribution in [2.45, 2.75) is 154 Å². The third-order valence-corrected chi connectivity index (χ3v) is 9.31. The van der Waals surface area contributed by atoms with E-state index in [4.69, 9.17) is 0 Å². The third kappa shape index (κ3) is 14.1. The van der Waals surface area contributed by atoms with Gasteiger partial charge in [0.05, 0.1) is 12.0 Å². The van der Waals surface area contributed by atoms with Crippen LogP contribution in [0.25, 0.3) is 0 Å². The second kappa shape index (κ2) is 22.2. The number of fused-ring (bicyclic) bond motifs is 1. The zero-order chi connectivity index (χ0) is 29.9. The number of hydrogen-bond donors (Lipinski definition) is 0. The molecule has 39 heavy (non-hydrogen) atoms. The lowest BCUT2D eigenvalue weighted by Gasteiger charge is -2.35. The molecule has 3 rings (SSSR count). The molecule has 3 aliphatic carbocycles. The van der Waals surface area contributed by atoms with Gasteiger partial charge >= 0.3 is 0 Å². The molecule has 0 aliphatic heterocycles. The van der Waals surface area contributed by atoms with Crippen LogP contribution in [0.5, 0.6) is 0 Å². The molecule has 0 bridgehead atoms. The number of nitriles is 1. The van der Waals surface area contributed by atoms with Crippen molar-refractivity contribution in [3.63, 3.8) is 0 Å². The monoisotopic (exact) mass is 542 g/mol. The van der Waals surface area contributed by atoms with E-state index in [0.717, 1.165) is 56.3 Å². The summed E-state index contributed by atoms with van der Waals surface area (Å²) in [6, 6.07) is 2.57. The van der Waals surface area contributed by atoms with Crippen LogP contribution in [0.15, 0.2) is 48.6 Å². The fourth-order valence-corrected chi connectivity index (χ4v) is 5.69. The van der Waals surface area contributed by atoms with Crippen molar-refractivity contribution in [1.82, 2.24) is 0 Å². The molecule has 0 aromatic carbocycles. The SMILES string of the molecule is C.C=C(C)CC.C=CCCC12CC1=C(C)CC[C@@](C)(C=C)C(C#N)C2.CC.CC.CCC1CCC(C)C(C)C1. The number of nitrogens with zero attached hydrogens (tertiary/aromatic N) is 1. The summed E-state index contributed by atoms with van der Waals surface area (Å²) >= 11 is 0. The van der Waals surface area contributed by atoms with Gasteiger partial charge < -0.3 is 0 Å². The zero-order valence-electron chi connectivity index (χ0n) is 27.8. The van der Waals surface area contributed by atoms with Gasteiger partial charge in [0.25, 0.3) is 0 Å². The second-order valence-corrected chi connectivity index (χ2v) is 12.0. The molecule has 0 radical (unpaired) electrons. The number of allylic oxidation sites excluding steroid dienone is 5. The largest absolute Gasteiger partial charge is 0.198 e. The number of hydrogen-bond acceptors (Lipinski definition) is 1. The Bertz CT molecular complexity index is 749. The minimum absolute atomic E-state index is 0. The molecule has 0 heterocycles. The molecule has 0 amide bonds. The van der Waals surface area contributed by atoms with E-state index in [9.17, 15) is 5.26 Å². The van der Waals surface area contributed by atoms with Gasteiger partial charge in [-0.25, -0.2) is 0 Å². The highest BCUT2D eigenvalue weighted by molar-refractivity contribution is 5.39. The summed E-state index contributed by atoms with van der Waals surface area (Å²) in [4.78, 5) is 0. The highest BCUT2D eigenvalue weighted by Gasteiger charge is 2.53. The first-order valence-electron chi connectivity index (χ1n) is 16.0. The molecule has 3 aliphatic rings. The van der Waals surface area contributed by atoms with Crippen LogP contribution in [0.3, 0.4) is 0 Å². The molecule has 0 spiro atoms. The Kier molecular flexibility index (Phi) is 23.8. The average Bonchev–Trinajstić information content (AvgIpc) is 3.66. The second-order valence-electron chi connectivity index (χ2n) is 12.0. The van der Waals surface area contributed by atoms with E-state index in [2.05, 4.69) is 67.3 Å². The van der Waals surface area contributed by atoms with Gasteiger partial charge in [0.1, 0.15) is 0 Å². The molecular weight excluding hydrogens is 470 g/mol. The predicted molar refractivity (Wildman–Crippen MR) is 181 cm³/mol. The zero-order valence-corrected chi connectivity index (χ0v) is 27.8. The molecule has 1 nitrogen and oxygen atoms in total. The maximum absolute atomic E-state index is 9.58. The first kappa shape index (κ1) is 41.9. The van der Waals surface area contributed by atoms with Crippen molar-refractivity contribution in [2.75, 3.05) is 0 Å². The Morgan fingerprint density at radius 2 is 1.64 bits per heavy atom. The van der Waals surface area contributed by atoms with Gasteiger partial charge in [-0.2, -0.15) is 5.26 Å². The van der Waals surface area contributed by atoms with Crippen LogP contribution >= 0.6 is 0 Å². The smallest absolute Gasteiger partial charge is 0.0665 e. The summed E-state index contributed by atoms with van der Waals surface area (Å²) in [5.74, 6) is 3.12. The molecular formula is C38H71N. The minimum atomic E-state index is -0.0364. The Hall–Kier alpha value is -1.55. The van der Waals surface area contributed by atoms with Crippen molar-refractivity contribution in [2.24, 2.45) is 34.5 Å². The molecule has 1 heteroatoms. The standard InChI is InChI=1S/C18H25N.C10H20.C5H10.2C2H6.CH4/c1-5-7-9-18-11-15(13-19)17(4,6-2)10-8-14(3)16(18)12-18;1-4-10-6-5-8(2)9(3)7-10;1-4-5(2)3;2*1-2;/h5-6,15H,1-2,7-12H2,3-4H3;8-10H,4-7H2,1-3H3;2,4H2,1,3H3;2*1-2H3;1H4/t15?,17-,18?;;;;;/m1...../s1. The molecule has 228 valence electrons. The molecule has 6 atom stereocenters. The van der Waals surface area contributed by atoms with Crippen LogP contribution in [-0.2, 0) is 0 Å². The van der Waals surface area contributed by atoms with Crippen LogP contribution in [0, 0.1) is 45.8 Å². The summed E-state index contributed by atoms with van der Waals surface area (Å²) in [6.07, 6.45) is 17.6. The molecule has 0 saturated heterocycles. The van der Waals surface area contributed by atoms with Crippen LogP contribution in [0.1, 0.15) is 154 Å². The summed E-state index contributed by atoms with van der Waals surface area (Å²) in [7, 11) is 0. The minimum Gasteiger partial charge on any atom is -0.198 e. The lowest BCUT2D eigenvalue weighted by atomic mass is 9.67. The first-order valence-corrected chi connectivity index (χ1v) is 16.0. The van der Waals surface area contributed by atoms with Crippen molar-refractivity contribution < 1.29 is 0 Å². The Balaban J connectivity index is -0.000000546. The quantitative estimate of drug-likeness (QED) is 0.307. The van der Waals surface area contributed by atoms with E-state index in [-0.39, 0.29) is 18.8 Å². The fraction of sp³-hybridized carbons (Fsp3) is 0.763. The number of rotatable bonds is 6. The van der Waals surface area contributed by atoms with Crippen molar-refractivity contribution >= 4 is 0 Å². The Morgan fingerprint density at radius 1 is 1.08 bits per heavy atom. The molecule has 0 N–H and O–H groups in total. The van der Waals surface area contributed by atoms with Gasteiger partial charge in [0, 0.05) is 5.41 Å².